The summed E-state index contributed by atoms with van der Waals surface area (Å²) in [5.74, 6) is -1.71. The van der Waals surface area contributed by atoms with Crippen LogP contribution >= 0.6 is 0 Å². The molecule has 9 nitrogen and oxygen atoms in total. The van der Waals surface area contributed by atoms with E-state index in [-0.39, 0.29) is 40.3 Å². The molecular weight excluding hydrogens is 572 g/mol. The Balaban J connectivity index is 1.17. The molecule has 0 spiro atoms. The van der Waals surface area contributed by atoms with Crippen molar-refractivity contribution in [1.82, 2.24) is 0 Å². The van der Waals surface area contributed by atoms with E-state index in [1.807, 2.05) is 0 Å². The van der Waals surface area contributed by atoms with E-state index in [2.05, 4.69) is 0 Å². The minimum atomic E-state index is -4.52. The SMILES string of the molecule is CC(C)c1cc(OC(=O)C2C3CC4C(OC(=O)C42)C3OC(=O)CCC2CC3CCCC(C3)C2)cc(C(C)C)c1S(=O)(=O)O. The molecule has 5 fully saturated rings. The molecule has 8 atom stereocenters. The summed E-state index contributed by atoms with van der Waals surface area (Å²) in [6, 6.07) is 2.94. The third-order valence-electron chi connectivity index (χ3n) is 10.9. The van der Waals surface area contributed by atoms with Gasteiger partial charge >= 0.3 is 17.9 Å². The summed E-state index contributed by atoms with van der Waals surface area (Å²) in [4.78, 5) is 39.5. The van der Waals surface area contributed by atoms with Crippen LogP contribution in [0.1, 0.15) is 108 Å². The van der Waals surface area contributed by atoms with Gasteiger partial charge in [-0.3, -0.25) is 18.9 Å². The molecule has 1 N–H and O–H groups in total. The van der Waals surface area contributed by atoms with E-state index in [0.29, 0.717) is 29.9 Å². The quantitative estimate of drug-likeness (QED) is 0.208. The number of benzene rings is 1. The summed E-state index contributed by atoms with van der Waals surface area (Å²) in [6.45, 7) is 7.18. The van der Waals surface area contributed by atoms with Crippen molar-refractivity contribution in [2.75, 3.05) is 0 Å². The average Bonchev–Trinajstić information content (AvgIpc) is 3.54. The maximum absolute atomic E-state index is 13.7. The van der Waals surface area contributed by atoms with Gasteiger partial charge in [-0.2, -0.15) is 8.42 Å². The van der Waals surface area contributed by atoms with Crippen molar-refractivity contribution in [3.8, 4) is 5.75 Å². The van der Waals surface area contributed by atoms with Gasteiger partial charge in [0, 0.05) is 18.3 Å². The van der Waals surface area contributed by atoms with Gasteiger partial charge in [-0.1, -0.05) is 47.0 Å². The molecule has 236 valence electrons. The lowest BCUT2D eigenvalue weighted by Crippen LogP contribution is -2.44. The molecule has 5 aliphatic rings. The highest BCUT2D eigenvalue weighted by molar-refractivity contribution is 7.86. The first-order chi connectivity index (χ1) is 20.3. The number of hydrogen-bond donors (Lipinski definition) is 1. The fourth-order valence-corrected chi connectivity index (χ4v) is 10.3. The molecule has 4 saturated carbocycles. The van der Waals surface area contributed by atoms with Crippen LogP contribution in [0.25, 0.3) is 0 Å². The van der Waals surface area contributed by atoms with Gasteiger partial charge in [0.05, 0.1) is 11.8 Å². The average molecular weight is 617 g/mol. The second-order valence-electron chi connectivity index (χ2n) is 14.4. The van der Waals surface area contributed by atoms with Gasteiger partial charge in [0.25, 0.3) is 10.1 Å². The van der Waals surface area contributed by atoms with Crippen LogP contribution in [0.15, 0.2) is 17.0 Å². The van der Waals surface area contributed by atoms with E-state index in [0.717, 1.165) is 18.3 Å². The maximum Gasteiger partial charge on any atom is 0.315 e. The summed E-state index contributed by atoms with van der Waals surface area (Å²) >= 11 is 0. The Bertz CT molecular complexity index is 1360. The summed E-state index contributed by atoms with van der Waals surface area (Å²) in [5, 5.41) is 0. The van der Waals surface area contributed by atoms with Crippen LogP contribution in [0.2, 0.25) is 0 Å². The summed E-state index contributed by atoms with van der Waals surface area (Å²) < 4.78 is 52.1. The van der Waals surface area contributed by atoms with Crippen LogP contribution in [0, 0.1) is 41.4 Å². The van der Waals surface area contributed by atoms with Gasteiger partial charge in [-0.05, 0) is 85.0 Å². The summed E-state index contributed by atoms with van der Waals surface area (Å²) in [6.07, 6.45) is 8.11. The Kier molecular flexibility index (Phi) is 8.16. The summed E-state index contributed by atoms with van der Waals surface area (Å²) in [5.41, 5.74) is 0.691. The van der Waals surface area contributed by atoms with Gasteiger partial charge in [0.15, 0.2) is 0 Å². The van der Waals surface area contributed by atoms with Crippen molar-refractivity contribution in [2.45, 2.75) is 114 Å². The predicted octanol–water partition coefficient (Wildman–Crippen LogP) is 5.80. The summed E-state index contributed by atoms with van der Waals surface area (Å²) in [7, 11) is -4.52. The highest BCUT2D eigenvalue weighted by Gasteiger charge is 2.70. The molecule has 1 aromatic carbocycles. The molecule has 0 radical (unpaired) electrons. The second kappa shape index (κ2) is 11.5. The van der Waals surface area contributed by atoms with Crippen molar-refractivity contribution in [3.63, 3.8) is 0 Å². The number of hydrogen-bond acceptors (Lipinski definition) is 8. The van der Waals surface area contributed by atoms with E-state index in [1.54, 1.807) is 27.7 Å². The van der Waals surface area contributed by atoms with Crippen molar-refractivity contribution in [3.05, 3.63) is 23.3 Å². The molecule has 0 aromatic heterocycles. The predicted molar refractivity (Wildman–Crippen MR) is 156 cm³/mol. The first-order valence-electron chi connectivity index (χ1n) is 16.1. The zero-order valence-electron chi connectivity index (χ0n) is 25.5. The van der Waals surface area contributed by atoms with Gasteiger partial charge in [-0.15, -0.1) is 0 Å². The van der Waals surface area contributed by atoms with E-state index < -0.39 is 46.1 Å². The van der Waals surface area contributed by atoms with Crippen LogP contribution < -0.4 is 4.74 Å². The van der Waals surface area contributed by atoms with E-state index in [1.165, 1.54) is 50.7 Å². The van der Waals surface area contributed by atoms with Gasteiger partial charge in [-0.25, -0.2) is 0 Å². The minimum Gasteiger partial charge on any atom is -0.458 e. The third kappa shape index (κ3) is 5.74. The molecule has 1 aliphatic heterocycles. The lowest BCUT2D eigenvalue weighted by Gasteiger charge is -2.39. The first-order valence-corrected chi connectivity index (χ1v) is 17.5. The molecule has 1 aromatic rings. The van der Waals surface area contributed by atoms with Crippen LogP contribution in [0.5, 0.6) is 5.75 Å². The van der Waals surface area contributed by atoms with Gasteiger partial charge in [0.2, 0.25) is 0 Å². The molecule has 6 rings (SSSR count). The van der Waals surface area contributed by atoms with Gasteiger partial charge < -0.3 is 14.2 Å². The van der Waals surface area contributed by atoms with E-state index in [4.69, 9.17) is 14.2 Å². The number of carbonyl (C=O) groups excluding carboxylic acids is 3. The van der Waals surface area contributed by atoms with Crippen molar-refractivity contribution in [2.24, 2.45) is 41.4 Å². The van der Waals surface area contributed by atoms with Crippen LogP contribution in [0.4, 0.5) is 0 Å². The zero-order valence-corrected chi connectivity index (χ0v) is 26.3. The molecule has 8 unspecified atom stereocenters. The Hall–Kier alpha value is -2.46. The fourth-order valence-electron chi connectivity index (χ4n) is 9.15. The molecule has 4 bridgehead atoms. The zero-order chi connectivity index (χ0) is 30.8. The second-order valence-corrected chi connectivity index (χ2v) is 15.7. The largest absolute Gasteiger partial charge is 0.458 e. The van der Waals surface area contributed by atoms with Crippen molar-refractivity contribution < 1.29 is 41.6 Å². The van der Waals surface area contributed by atoms with E-state index in [9.17, 15) is 27.4 Å². The molecular formula is C33H44O9S. The number of ether oxygens (including phenoxy) is 3. The Morgan fingerprint density at radius 2 is 1.60 bits per heavy atom. The molecule has 4 aliphatic carbocycles. The molecule has 1 saturated heterocycles. The standard InChI is InChI=1S/C33H44O9S/c1-16(2)22-13-21(14-23(17(3)4)31(22)43(37,38)39)40-32(35)27-24-15-25-28(27)33(36)42-30(25)29(24)41-26(34)9-8-20-11-18-6-5-7-19(10-18)12-20/h13-14,16-20,24-25,27-30H,5-12,15H2,1-4H3,(H,37,38,39). The van der Waals surface area contributed by atoms with Crippen LogP contribution in [-0.4, -0.2) is 43.1 Å². The molecule has 10 heteroatoms. The smallest absolute Gasteiger partial charge is 0.315 e. The minimum absolute atomic E-state index is 0.154. The number of fused-ring (bicyclic) bond motifs is 3. The topological polar surface area (TPSA) is 133 Å². The maximum atomic E-state index is 13.7. The van der Waals surface area contributed by atoms with Gasteiger partial charge in [0.1, 0.15) is 22.9 Å². The monoisotopic (exact) mass is 616 g/mol. The molecule has 1 heterocycles. The van der Waals surface area contributed by atoms with E-state index >= 15 is 0 Å². The van der Waals surface area contributed by atoms with Crippen LogP contribution in [-0.2, 0) is 34.0 Å². The lowest BCUT2D eigenvalue weighted by atomic mass is 9.67. The van der Waals surface area contributed by atoms with Crippen LogP contribution in [0.3, 0.4) is 0 Å². The highest BCUT2D eigenvalue weighted by Crippen LogP contribution is 2.59. The molecule has 43 heavy (non-hydrogen) atoms. The Morgan fingerprint density at radius 1 is 0.977 bits per heavy atom. The normalized spacial score (nSPS) is 34.5. The number of carbonyl (C=O) groups is 3. The molecule has 0 amide bonds. The Morgan fingerprint density at radius 3 is 2.19 bits per heavy atom. The number of rotatable bonds is 9. The van der Waals surface area contributed by atoms with Crippen molar-refractivity contribution in [1.29, 1.82) is 0 Å². The Labute approximate surface area is 254 Å². The number of esters is 3. The highest BCUT2D eigenvalue weighted by atomic mass is 32.2. The lowest BCUT2D eigenvalue weighted by molar-refractivity contribution is -0.164. The third-order valence-corrected chi connectivity index (χ3v) is 11.9. The first kappa shape index (κ1) is 30.6. The van der Waals surface area contributed by atoms with Crippen molar-refractivity contribution >= 4 is 28.0 Å². The fraction of sp³-hybridized carbons (Fsp3) is 0.727.